The van der Waals surface area contributed by atoms with E-state index in [0.29, 0.717) is 34.8 Å². The third-order valence-corrected chi connectivity index (χ3v) is 5.61. The largest absolute Gasteiger partial charge is 0.335 e. The van der Waals surface area contributed by atoms with Gasteiger partial charge in [0.1, 0.15) is 0 Å². The van der Waals surface area contributed by atoms with Crippen LogP contribution in [-0.2, 0) is 4.79 Å². The summed E-state index contributed by atoms with van der Waals surface area (Å²) < 4.78 is 2.36. The number of carbonyl (C=O) groups is 1. The van der Waals surface area contributed by atoms with Crippen molar-refractivity contribution in [1.82, 2.24) is 14.5 Å². The normalized spacial score (nSPS) is 10.7. The molecule has 0 aliphatic rings. The Morgan fingerprint density at radius 1 is 1.14 bits per heavy atom. The van der Waals surface area contributed by atoms with Gasteiger partial charge in [-0.3, -0.25) is 14.2 Å². The Morgan fingerprint density at radius 2 is 1.83 bits per heavy atom. The van der Waals surface area contributed by atoms with E-state index in [-0.39, 0.29) is 17.2 Å². The first-order chi connectivity index (χ1) is 14.0. The molecular formula is C22H20BrN3O2S. The van der Waals surface area contributed by atoms with Gasteiger partial charge in [0, 0.05) is 17.6 Å². The third-order valence-electron chi connectivity index (χ3n) is 4.19. The topological polar surface area (TPSA) is 55.2 Å². The van der Waals surface area contributed by atoms with Crippen LogP contribution in [0.5, 0.6) is 0 Å². The maximum Gasteiger partial charge on any atom is 0.266 e. The highest BCUT2D eigenvalue weighted by Crippen LogP contribution is 2.23. The molecule has 3 aromatic rings. The molecule has 7 heteroatoms. The Morgan fingerprint density at radius 3 is 2.48 bits per heavy atom. The molecule has 0 unspecified atom stereocenters. The molecule has 0 fully saturated rings. The van der Waals surface area contributed by atoms with Gasteiger partial charge in [-0.05, 0) is 30.3 Å². The average Bonchev–Trinajstić information content (AvgIpc) is 2.73. The fraction of sp³-hybridized carbons (Fsp3) is 0.136. The highest BCUT2D eigenvalue weighted by atomic mass is 79.9. The highest BCUT2D eigenvalue weighted by Gasteiger charge is 2.17. The number of hydrogen-bond acceptors (Lipinski definition) is 4. The maximum atomic E-state index is 13.3. The number of amides is 1. The molecule has 0 aliphatic heterocycles. The van der Waals surface area contributed by atoms with Crippen LogP contribution in [0.4, 0.5) is 0 Å². The Balaban J connectivity index is 2.03. The number of thioether (sulfide) groups is 1. The molecule has 0 aliphatic carbocycles. The average molecular weight is 470 g/mol. The van der Waals surface area contributed by atoms with E-state index in [1.54, 1.807) is 33.8 Å². The van der Waals surface area contributed by atoms with Gasteiger partial charge >= 0.3 is 0 Å². The van der Waals surface area contributed by atoms with Gasteiger partial charge in [0.15, 0.2) is 5.16 Å². The molecular weight excluding hydrogens is 450 g/mol. The number of fused-ring (bicyclic) bond motifs is 1. The number of nitrogens with zero attached hydrogens (tertiary/aromatic N) is 3. The zero-order valence-electron chi connectivity index (χ0n) is 15.8. The van der Waals surface area contributed by atoms with E-state index in [0.717, 1.165) is 4.47 Å². The SMILES string of the molecule is C=CCN(CC=C)C(=O)CSc1nc2ccc(Br)cc2c(=O)n1-c1ccccc1. The summed E-state index contributed by atoms with van der Waals surface area (Å²) in [7, 11) is 0. The van der Waals surface area contributed by atoms with Crippen LogP contribution in [-0.4, -0.2) is 39.2 Å². The second-order valence-electron chi connectivity index (χ2n) is 6.20. The molecule has 2 aromatic carbocycles. The maximum absolute atomic E-state index is 13.3. The van der Waals surface area contributed by atoms with Gasteiger partial charge in [-0.2, -0.15) is 0 Å². The molecule has 0 spiro atoms. The van der Waals surface area contributed by atoms with Crippen molar-refractivity contribution in [3.05, 3.63) is 88.7 Å². The third kappa shape index (κ3) is 4.86. The number of halogens is 1. The predicted octanol–water partition coefficient (Wildman–Crippen LogP) is 4.44. The molecule has 5 nitrogen and oxygen atoms in total. The molecule has 1 amide bonds. The van der Waals surface area contributed by atoms with Gasteiger partial charge in [0.25, 0.3) is 5.56 Å². The molecule has 0 saturated heterocycles. The summed E-state index contributed by atoms with van der Waals surface area (Å²) in [5.74, 6) is 0.0859. The van der Waals surface area contributed by atoms with Crippen LogP contribution in [0.2, 0.25) is 0 Å². The second kappa shape index (κ2) is 9.71. The first kappa shape index (κ1) is 21.1. The van der Waals surface area contributed by atoms with E-state index >= 15 is 0 Å². The van der Waals surface area contributed by atoms with Crippen LogP contribution in [0.1, 0.15) is 0 Å². The van der Waals surface area contributed by atoms with Gasteiger partial charge in [-0.25, -0.2) is 4.98 Å². The molecule has 1 heterocycles. The number of para-hydroxylation sites is 1. The predicted molar refractivity (Wildman–Crippen MR) is 123 cm³/mol. The molecule has 0 bridgehead atoms. The minimum absolute atomic E-state index is 0.0698. The van der Waals surface area contributed by atoms with Crippen molar-refractivity contribution in [2.75, 3.05) is 18.8 Å². The van der Waals surface area contributed by atoms with Crippen molar-refractivity contribution in [3.8, 4) is 5.69 Å². The van der Waals surface area contributed by atoms with E-state index in [4.69, 9.17) is 0 Å². The smallest absolute Gasteiger partial charge is 0.266 e. The van der Waals surface area contributed by atoms with Gasteiger partial charge in [0.2, 0.25) is 5.91 Å². The van der Waals surface area contributed by atoms with Crippen molar-refractivity contribution in [2.24, 2.45) is 0 Å². The standard InChI is InChI=1S/C22H20BrN3O2S/c1-3-12-25(13-4-2)20(27)15-29-22-24-19-11-10-16(23)14-18(19)21(28)26(22)17-8-6-5-7-9-17/h3-11,14H,1-2,12-13,15H2. The number of benzene rings is 2. The number of carbonyl (C=O) groups excluding carboxylic acids is 1. The molecule has 0 saturated carbocycles. The second-order valence-corrected chi connectivity index (χ2v) is 8.05. The molecule has 0 radical (unpaired) electrons. The lowest BCUT2D eigenvalue weighted by Gasteiger charge is -2.19. The van der Waals surface area contributed by atoms with Gasteiger partial charge in [-0.1, -0.05) is 58.0 Å². The van der Waals surface area contributed by atoms with Crippen LogP contribution in [0, 0.1) is 0 Å². The molecule has 29 heavy (non-hydrogen) atoms. The number of aromatic nitrogens is 2. The summed E-state index contributed by atoms with van der Waals surface area (Å²) in [6.07, 6.45) is 3.36. The number of rotatable bonds is 8. The lowest BCUT2D eigenvalue weighted by Crippen LogP contribution is -2.33. The minimum atomic E-state index is -0.175. The van der Waals surface area contributed by atoms with Crippen LogP contribution in [0.15, 0.2) is 88.3 Å². The van der Waals surface area contributed by atoms with Crippen molar-refractivity contribution < 1.29 is 4.79 Å². The van der Waals surface area contributed by atoms with E-state index in [2.05, 4.69) is 34.1 Å². The summed E-state index contributed by atoms with van der Waals surface area (Å²) in [4.78, 5) is 32.2. The Bertz CT molecular complexity index is 1100. The molecule has 1 aromatic heterocycles. The van der Waals surface area contributed by atoms with Crippen molar-refractivity contribution in [2.45, 2.75) is 5.16 Å². The van der Waals surface area contributed by atoms with Crippen LogP contribution < -0.4 is 5.56 Å². The van der Waals surface area contributed by atoms with E-state index in [1.165, 1.54) is 11.8 Å². The minimum Gasteiger partial charge on any atom is -0.335 e. The molecule has 3 rings (SSSR count). The Hall–Kier alpha value is -2.64. The van der Waals surface area contributed by atoms with Gasteiger partial charge < -0.3 is 4.90 Å². The lowest BCUT2D eigenvalue weighted by atomic mass is 10.2. The summed E-state index contributed by atoms with van der Waals surface area (Å²) in [5.41, 5.74) is 1.12. The molecule has 0 atom stereocenters. The van der Waals surface area contributed by atoms with Crippen molar-refractivity contribution >= 4 is 44.5 Å². The fourth-order valence-corrected chi connectivity index (χ4v) is 4.12. The van der Waals surface area contributed by atoms with Crippen molar-refractivity contribution in [1.29, 1.82) is 0 Å². The first-order valence-electron chi connectivity index (χ1n) is 8.95. The van der Waals surface area contributed by atoms with Crippen LogP contribution in [0.25, 0.3) is 16.6 Å². The van der Waals surface area contributed by atoms with Crippen molar-refractivity contribution in [3.63, 3.8) is 0 Å². The zero-order chi connectivity index (χ0) is 20.8. The first-order valence-corrected chi connectivity index (χ1v) is 10.7. The van der Waals surface area contributed by atoms with E-state index < -0.39 is 0 Å². The molecule has 0 N–H and O–H groups in total. The van der Waals surface area contributed by atoms with Gasteiger partial charge in [-0.15, -0.1) is 13.2 Å². The van der Waals surface area contributed by atoms with Gasteiger partial charge in [0.05, 0.1) is 22.3 Å². The lowest BCUT2D eigenvalue weighted by molar-refractivity contribution is -0.127. The fourth-order valence-electron chi connectivity index (χ4n) is 2.85. The number of hydrogen-bond donors (Lipinski definition) is 0. The monoisotopic (exact) mass is 469 g/mol. The van der Waals surface area contributed by atoms with E-state index in [9.17, 15) is 9.59 Å². The van der Waals surface area contributed by atoms with Crippen LogP contribution >= 0.6 is 27.7 Å². The Labute approximate surface area is 181 Å². The Kier molecular flexibility index (Phi) is 7.06. The van der Waals surface area contributed by atoms with E-state index in [1.807, 2.05) is 36.4 Å². The summed E-state index contributed by atoms with van der Waals surface area (Å²) in [5, 5.41) is 0.986. The summed E-state index contributed by atoms with van der Waals surface area (Å²) >= 11 is 4.66. The summed E-state index contributed by atoms with van der Waals surface area (Å²) in [6.45, 7) is 8.27. The highest BCUT2D eigenvalue weighted by molar-refractivity contribution is 9.10. The zero-order valence-corrected chi connectivity index (χ0v) is 18.2. The van der Waals surface area contributed by atoms with Crippen LogP contribution in [0.3, 0.4) is 0 Å². The quantitative estimate of drug-likeness (QED) is 0.278. The summed E-state index contributed by atoms with van der Waals surface area (Å²) in [6, 6.07) is 14.7. The molecule has 148 valence electrons.